The van der Waals surface area contributed by atoms with Gasteiger partial charge in [0.25, 0.3) is 0 Å². The van der Waals surface area contributed by atoms with Gasteiger partial charge in [0.05, 0.1) is 11.3 Å². The Kier molecular flexibility index (Phi) is 7.07. The van der Waals surface area contributed by atoms with Gasteiger partial charge in [-0.1, -0.05) is 12.1 Å². The van der Waals surface area contributed by atoms with Crippen molar-refractivity contribution in [2.24, 2.45) is 10.9 Å². The lowest BCUT2D eigenvalue weighted by molar-refractivity contribution is -0.140. The summed E-state index contributed by atoms with van der Waals surface area (Å²) >= 11 is 4.95. The third-order valence-corrected chi connectivity index (χ3v) is 4.15. The van der Waals surface area contributed by atoms with Crippen LogP contribution in [-0.4, -0.2) is 43.1 Å². The first-order valence-electron chi connectivity index (χ1n) is 6.77. The minimum absolute atomic E-state index is 0.0205. The van der Waals surface area contributed by atoms with E-state index in [1.807, 2.05) is 0 Å². The van der Waals surface area contributed by atoms with Crippen molar-refractivity contribution in [2.45, 2.75) is 23.8 Å². The fourth-order valence-electron chi connectivity index (χ4n) is 1.78. The molecule has 0 radical (unpaired) electrons. The highest BCUT2D eigenvalue weighted by molar-refractivity contribution is 7.89. The van der Waals surface area contributed by atoms with E-state index in [0.29, 0.717) is 13.0 Å². The first kappa shape index (κ1) is 19.8. The molecule has 0 heterocycles. The van der Waals surface area contributed by atoms with Crippen molar-refractivity contribution < 1.29 is 23.1 Å². The summed E-state index contributed by atoms with van der Waals surface area (Å²) in [7, 11) is -3.72. The molecule has 1 aromatic rings. The number of carboxylic acid groups (broad SMARTS) is 1. The fourth-order valence-corrected chi connectivity index (χ4v) is 2.54. The number of sulfonamides is 1. The van der Waals surface area contributed by atoms with Crippen molar-refractivity contribution in [3.63, 3.8) is 0 Å². The maximum absolute atomic E-state index is 11.1. The van der Waals surface area contributed by atoms with Crippen LogP contribution in [0.2, 0.25) is 0 Å². The molecule has 0 aliphatic rings. The number of hydrogen-bond acceptors (Lipinski definition) is 5. The lowest BCUT2D eigenvalue weighted by Crippen LogP contribution is -2.47. The molecule has 0 aromatic heterocycles. The molecule has 0 saturated carbocycles. The van der Waals surface area contributed by atoms with Crippen LogP contribution in [-0.2, 0) is 26.0 Å². The average Bonchev–Trinajstić information content (AvgIpc) is 2.45. The van der Waals surface area contributed by atoms with E-state index in [4.69, 9.17) is 28.2 Å². The number of carbonyl (C=O) groups is 2. The molecular formula is C13H18N4O5S2. The Morgan fingerprint density at radius 1 is 1.25 bits per heavy atom. The van der Waals surface area contributed by atoms with Crippen LogP contribution in [0.4, 0.5) is 0 Å². The van der Waals surface area contributed by atoms with Crippen LogP contribution in [0.3, 0.4) is 0 Å². The Bertz CT molecular complexity index is 718. The quantitative estimate of drug-likeness (QED) is 0.349. The second kappa shape index (κ2) is 8.57. The Labute approximate surface area is 144 Å². The summed E-state index contributed by atoms with van der Waals surface area (Å²) in [4.78, 5) is 21.8. The second-order valence-corrected chi connectivity index (χ2v) is 6.87. The summed E-state index contributed by atoms with van der Waals surface area (Å²) in [5, 5.41) is 19.3. The fraction of sp³-hybridized carbons (Fsp3) is 0.308. The van der Waals surface area contributed by atoms with Crippen LogP contribution in [0.5, 0.6) is 0 Å². The number of thiocarbonyl (C=S) groups is 1. The van der Waals surface area contributed by atoms with E-state index < -0.39 is 27.9 Å². The predicted octanol–water partition coefficient (Wildman–Crippen LogP) is -1.33. The lowest BCUT2D eigenvalue weighted by atomic mass is 10.1. The SMILES string of the molecule is NC(=O)C[C@@H](NC(=S)NCCc1ccc(S(N)(=O)=O)cc1)C(=O)O. The molecule has 0 aliphatic heterocycles. The Morgan fingerprint density at radius 3 is 2.29 bits per heavy atom. The van der Waals surface area contributed by atoms with Gasteiger partial charge in [0.2, 0.25) is 15.9 Å². The average molecular weight is 374 g/mol. The van der Waals surface area contributed by atoms with E-state index >= 15 is 0 Å². The first-order valence-corrected chi connectivity index (χ1v) is 8.72. The number of nitrogens with one attached hydrogen (secondary N) is 2. The van der Waals surface area contributed by atoms with Crippen molar-refractivity contribution in [2.75, 3.05) is 6.54 Å². The van der Waals surface area contributed by atoms with Crippen LogP contribution in [0.25, 0.3) is 0 Å². The molecule has 0 bridgehead atoms. The van der Waals surface area contributed by atoms with Crippen molar-refractivity contribution in [1.82, 2.24) is 10.6 Å². The number of benzene rings is 1. The van der Waals surface area contributed by atoms with Gasteiger partial charge in [0.1, 0.15) is 6.04 Å². The van der Waals surface area contributed by atoms with Gasteiger partial charge < -0.3 is 21.5 Å². The van der Waals surface area contributed by atoms with E-state index in [9.17, 15) is 18.0 Å². The smallest absolute Gasteiger partial charge is 0.326 e. The third kappa shape index (κ3) is 6.89. The topological polar surface area (TPSA) is 165 Å². The number of nitrogens with two attached hydrogens (primary N) is 2. The highest BCUT2D eigenvalue weighted by Crippen LogP contribution is 2.08. The minimum atomic E-state index is -3.72. The van der Waals surface area contributed by atoms with Gasteiger partial charge in [-0.3, -0.25) is 4.79 Å². The summed E-state index contributed by atoms with van der Waals surface area (Å²) in [6.07, 6.45) is 0.131. The number of rotatable bonds is 8. The van der Waals surface area contributed by atoms with Crippen molar-refractivity contribution in [1.29, 1.82) is 0 Å². The largest absolute Gasteiger partial charge is 0.480 e. The van der Waals surface area contributed by atoms with Crippen molar-refractivity contribution in [3.8, 4) is 0 Å². The number of carbonyl (C=O) groups excluding carboxylic acids is 1. The van der Waals surface area contributed by atoms with Gasteiger partial charge in [-0.25, -0.2) is 18.4 Å². The van der Waals surface area contributed by atoms with E-state index in [2.05, 4.69) is 10.6 Å². The molecule has 132 valence electrons. The first-order chi connectivity index (χ1) is 11.1. The van der Waals surface area contributed by atoms with Gasteiger partial charge in [-0.15, -0.1) is 0 Å². The monoisotopic (exact) mass is 374 g/mol. The molecule has 0 saturated heterocycles. The molecule has 0 unspecified atom stereocenters. The summed E-state index contributed by atoms with van der Waals surface area (Å²) in [6.45, 7) is 0.378. The molecule has 1 rings (SSSR count). The van der Waals surface area contributed by atoms with E-state index in [-0.39, 0.29) is 16.4 Å². The maximum atomic E-state index is 11.1. The van der Waals surface area contributed by atoms with E-state index in [0.717, 1.165) is 5.56 Å². The van der Waals surface area contributed by atoms with Gasteiger partial charge in [0.15, 0.2) is 5.11 Å². The number of carboxylic acids is 1. The summed E-state index contributed by atoms with van der Waals surface area (Å²) in [5.41, 5.74) is 5.81. The number of primary sulfonamides is 1. The van der Waals surface area contributed by atoms with Crippen LogP contribution >= 0.6 is 12.2 Å². The number of hydrogen-bond donors (Lipinski definition) is 5. The molecular weight excluding hydrogens is 356 g/mol. The highest BCUT2D eigenvalue weighted by atomic mass is 32.2. The Hall–Kier alpha value is -2.24. The predicted molar refractivity (Wildman–Crippen MR) is 90.5 cm³/mol. The van der Waals surface area contributed by atoms with Crippen molar-refractivity contribution in [3.05, 3.63) is 29.8 Å². The third-order valence-electron chi connectivity index (χ3n) is 2.96. The van der Waals surface area contributed by atoms with Crippen LogP contribution < -0.4 is 21.5 Å². The Morgan fingerprint density at radius 2 is 1.83 bits per heavy atom. The van der Waals surface area contributed by atoms with Crippen molar-refractivity contribution >= 4 is 39.2 Å². The standard InChI is InChI=1S/C13H18N4O5S2/c14-11(18)7-10(12(19)20)17-13(23)16-6-5-8-1-3-9(4-2-8)24(15,21)22/h1-4,10H,5-7H2,(H2,14,18)(H,19,20)(H2,15,21,22)(H2,16,17,23)/t10-/m1/s1. The summed E-state index contributed by atoms with van der Waals surface area (Å²) in [5.74, 6) is -2.00. The van der Waals surface area contributed by atoms with Gasteiger partial charge >= 0.3 is 5.97 Å². The van der Waals surface area contributed by atoms with E-state index in [1.54, 1.807) is 12.1 Å². The van der Waals surface area contributed by atoms with Crippen LogP contribution in [0, 0.1) is 0 Å². The number of amides is 1. The molecule has 1 atom stereocenters. The number of primary amides is 1. The normalized spacial score (nSPS) is 12.2. The second-order valence-electron chi connectivity index (χ2n) is 4.90. The molecule has 11 heteroatoms. The molecule has 0 aliphatic carbocycles. The molecule has 0 spiro atoms. The van der Waals surface area contributed by atoms with Crippen LogP contribution in [0.15, 0.2) is 29.2 Å². The molecule has 1 amide bonds. The zero-order chi connectivity index (χ0) is 18.3. The van der Waals surface area contributed by atoms with Gasteiger partial charge in [-0.05, 0) is 36.3 Å². The molecule has 0 fully saturated rings. The molecule has 24 heavy (non-hydrogen) atoms. The summed E-state index contributed by atoms with van der Waals surface area (Å²) < 4.78 is 22.3. The lowest BCUT2D eigenvalue weighted by Gasteiger charge is -2.16. The van der Waals surface area contributed by atoms with Gasteiger partial charge in [-0.2, -0.15) is 0 Å². The molecule has 7 N–H and O–H groups in total. The zero-order valence-corrected chi connectivity index (χ0v) is 14.2. The summed E-state index contributed by atoms with van der Waals surface area (Å²) in [6, 6.07) is 4.83. The molecule has 9 nitrogen and oxygen atoms in total. The Balaban J connectivity index is 2.47. The maximum Gasteiger partial charge on any atom is 0.326 e. The van der Waals surface area contributed by atoms with E-state index in [1.165, 1.54) is 12.1 Å². The van der Waals surface area contributed by atoms with Gasteiger partial charge in [0, 0.05) is 6.54 Å². The highest BCUT2D eigenvalue weighted by Gasteiger charge is 2.20. The zero-order valence-electron chi connectivity index (χ0n) is 12.6. The van der Waals surface area contributed by atoms with Crippen LogP contribution in [0.1, 0.15) is 12.0 Å². The minimum Gasteiger partial charge on any atom is -0.480 e. The molecule has 1 aromatic carbocycles. The number of aliphatic carboxylic acids is 1.